The number of carbonyl (C=O) groups is 1. The number of aliphatic hydroxyl groups excluding tert-OH is 1. The van der Waals surface area contributed by atoms with Gasteiger partial charge in [0.1, 0.15) is 5.75 Å². The van der Waals surface area contributed by atoms with Gasteiger partial charge in [-0.2, -0.15) is 0 Å². The molecule has 0 radical (unpaired) electrons. The van der Waals surface area contributed by atoms with E-state index in [9.17, 15) is 9.90 Å². The first-order chi connectivity index (χ1) is 8.51. The Kier molecular flexibility index (Phi) is 3.36. The molecule has 4 heteroatoms. The fraction of sp³-hybridized carbons (Fsp3) is 0.429. The molecule has 4 nitrogen and oxygen atoms in total. The van der Waals surface area contributed by atoms with Crippen molar-refractivity contribution < 1.29 is 14.6 Å². The summed E-state index contributed by atoms with van der Waals surface area (Å²) in [6.45, 7) is 3.87. The SMILES string of the molecule is COc1c(C)cc(C)nc1C1CC(=O)C=C(O)C1. The summed E-state index contributed by atoms with van der Waals surface area (Å²) in [5.74, 6) is 0.676. The summed E-state index contributed by atoms with van der Waals surface area (Å²) in [7, 11) is 1.60. The van der Waals surface area contributed by atoms with Crippen LogP contribution in [-0.2, 0) is 4.79 Å². The molecular formula is C14H17NO3. The highest BCUT2D eigenvalue weighted by Gasteiger charge is 2.26. The van der Waals surface area contributed by atoms with Gasteiger partial charge in [0.2, 0.25) is 0 Å². The molecule has 18 heavy (non-hydrogen) atoms. The van der Waals surface area contributed by atoms with Gasteiger partial charge in [-0.15, -0.1) is 0 Å². The van der Waals surface area contributed by atoms with E-state index in [-0.39, 0.29) is 17.5 Å². The maximum Gasteiger partial charge on any atom is 0.159 e. The molecule has 1 atom stereocenters. The van der Waals surface area contributed by atoms with Crippen LogP contribution in [0.25, 0.3) is 0 Å². The Morgan fingerprint density at radius 2 is 2.11 bits per heavy atom. The summed E-state index contributed by atoms with van der Waals surface area (Å²) in [5, 5.41) is 9.59. The maximum absolute atomic E-state index is 11.5. The molecule has 1 heterocycles. The number of ketones is 1. The lowest BCUT2D eigenvalue weighted by Gasteiger charge is -2.22. The van der Waals surface area contributed by atoms with Gasteiger partial charge in [0, 0.05) is 30.5 Å². The molecule has 0 bridgehead atoms. The molecule has 0 saturated heterocycles. The van der Waals surface area contributed by atoms with Crippen molar-refractivity contribution in [2.75, 3.05) is 7.11 Å². The fourth-order valence-electron chi connectivity index (χ4n) is 2.46. The van der Waals surface area contributed by atoms with E-state index in [1.165, 1.54) is 6.08 Å². The molecule has 0 aliphatic heterocycles. The summed E-state index contributed by atoms with van der Waals surface area (Å²) in [4.78, 5) is 16.0. The second-order valence-corrected chi connectivity index (χ2v) is 4.71. The van der Waals surface area contributed by atoms with E-state index in [4.69, 9.17) is 4.74 Å². The monoisotopic (exact) mass is 247 g/mol. The van der Waals surface area contributed by atoms with Crippen LogP contribution in [0.15, 0.2) is 17.9 Å². The smallest absolute Gasteiger partial charge is 0.159 e. The van der Waals surface area contributed by atoms with Gasteiger partial charge in [-0.25, -0.2) is 0 Å². The number of rotatable bonds is 2. The van der Waals surface area contributed by atoms with E-state index in [0.29, 0.717) is 18.6 Å². The van der Waals surface area contributed by atoms with Crippen molar-refractivity contribution in [2.45, 2.75) is 32.6 Å². The number of methoxy groups -OCH3 is 1. The zero-order valence-corrected chi connectivity index (χ0v) is 10.9. The van der Waals surface area contributed by atoms with Crippen molar-refractivity contribution in [3.63, 3.8) is 0 Å². The van der Waals surface area contributed by atoms with Crippen molar-refractivity contribution in [3.05, 3.63) is 34.9 Å². The maximum atomic E-state index is 11.5. The van der Waals surface area contributed by atoms with E-state index >= 15 is 0 Å². The lowest BCUT2D eigenvalue weighted by atomic mass is 9.88. The summed E-state index contributed by atoms with van der Waals surface area (Å²) >= 11 is 0. The molecular weight excluding hydrogens is 230 g/mol. The van der Waals surface area contributed by atoms with Gasteiger partial charge < -0.3 is 9.84 Å². The number of nitrogens with zero attached hydrogens (tertiary/aromatic N) is 1. The third-order valence-electron chi connectivity index (χ3n) is 3.13. The second kappa shape index (κ2) is 4.80. The average Bonchev–Trinajstić information content (AvgIpc) is 2.26. The summed E-state index contributed by atoms with van der Waals surface area (Å²) < 4.78 is 5.38. The minimum absolute atomic E-state index is 0.0632. The molecule has 1 aromatic heterocycles. The van der Waals surface area contributed by atoms with Gasteiger partial charge in [0.05, 0.1) is 18.6 Å². The molecule has 96 valence electrons. The van der Waals surface area contributed by atoms with Crippen LogP contribution in [0.2, 0.25) is 0 Å². The molecule has 0 fully saturated rings. The molecule has 0 amide bonds. The van der Waals surface area contributed by atoms with Crippen LogP contribution in [0.3, 0.4) is 0 Å². The van der Waals surface area contributed by atoms with Crippen LogP contribution in [0.4, 0.5) is 0 Å². The highest BCUT2D eigenvalue weighted by molar-refractivity contribution is 5.91. The van der Waals surface area contributed by atoms with E-state index in [1.54, 1.807) is 7.11 Å². The zero-order chi connectivity index (χ0) is 13.3. The third kappa shape index (κ3) is 2.37. The van der Waals surface area contributed by atoms with Gasteiger partial charge in [-0.3, -0.25) is 9.78 Å². The molecule has 1 aromatic rings. The van der Waals surface area contributed by atoms with Crippen LogP contribution in [0.5, 0.6) is 5.75 Å². The highest BCUT2D eigenvalue weighted by Crippen LogP contribution is 2.36. The Balaban J connectivity index is 2.45. The lowest BCUT2D eigenvalue weighted by Crippen LogP contribution is -2.15. The molecule has 1 N–H and O–H groups in total. The van der Waals surface area contributed by atoms with Crippen molar-refractivity contribution in [3.8, 4) is 5.75 Å². The summed E-state index contributed by atoms with van der Waals surface area (Å²) in [6.07, 6.45) is 2.11. The third-order valence-corrected chi connectivity index (χ3v) is 3.13. The Hall–Kier alpha value is -1.84. The predicted octanol–water partition coefficient (Wildman–Crippen LogP) is 2.60. The average molecular weight is 247 g/mol. The highest BCUT2D eigenvalue weighted by atomic mass is 16.5. The fourth-order valence-corrected chi connectivity index (χ4v) is 2.46. The number of hydrogen-bond donors (Lipinski definition) is 1. The normalized spacial score (nSPS) is 19.6. The van der Waals surface area contributed by atoms with E-state index in [2.05, 4.69) is 4.98 Å². The topological polar surface area (TPSA) is 59.4 Å². The predicted molar refractivity (Wildman–Crippen MR) is 68.0 cm³/mol. The van der Waals surface area contributed by atoms with E-state index < -0.39 is 0 Å². The number of allylic oxidation sites excluding steroid dienone is 2. The molecule has 0 aromatic carbocycles. The van der Waals surface area contributed by atoms with E-state index in [1.807, 2.05) is 19.9 Å². The van der Waals surface area contributed by atoms with Crippen molar-refractivity contribution in [1.29, 1.82) is 0 Å². The van der Waals surface area contributed by atoms with Gasteiger partial charge in [-0.05, 0) is 25.5 Å². The van der Waals surface area contributed by atoms with Crippen LogP contribution in [0.1, 0.15) is 35.7 Å². The number of carbonyl (C=O) groups excluding carboxylic acids is 1. The number of hydrogen-bond acceptors (Lipinski definition) is 4. The number of pyridine rings is 1. The lowest BCUT2D eigenvalue weighted by molar-refractivity contribution is -0.115. The number of aromatic nitrogens is 1. The molecule has 0 spiro atoms. The van der Waals surface area contributed by atoms with E-state index in [0.717, 1.165) is 17.0 Å². The minimum Gasteiger partial charge on any atom is -0.512 e. The largest absolute Gasteiger partial charge is 0.512 e. The van der Waals surface area contributed by atoms with Crippen LogP contribution in [0, 0.1) is 13.8 Å². The summed E-state index contributed by atoms with van der Waals surface area (Å²) in [6, 6.07) is 1.95. The Morgan fingerprint density at radius 1 is 1.39 bits per heavy atom. The van der Waals surface area contributed by atoms with Crippen molar-refractivity contribution in [2.24, 2.45) is 0 Å². The quantitative estimate of drug-likeness (QED) is 0.872. The van der Waals surface area contributed by atoms with Crippen LogP contribution >= 0.6 is 0 Å². The molecule has 1 aliphatic carbocycles. The first kappa shape index (κ1) is 12.6. The molecule has 1 unspecified atom stereocenters. The Bertz CT molecular complexity index is 520. The van der Waals surface area contributed by atoms with Crippen LogP contribution < -0.4 is 4.74 Å². The van der Waals surface area contributed by atoms with Crippen LogP contribution in [-0.4, -0.2) is 23.0 Å². The number of ether oxygens (including phenoxy) is 1. The first-order valence-electron chi connectivity index (χ1n) is 5.95. The molecule has 1 aliphatic rings. The minimum atomic E-state index is -0.101. The first-order valence-corrected chi connectivity index (χ1v) is 5.95. The number of aliphatic hydroxyl groups is 1. The van der Waals surface area contributed by atoms with Gasteiger partial charge in [0.15, 0.2) is 5.78 Å². The Morgan fingerprint density at radius 3 is 2.72 bits per heavy atom. The summed E-state index contributed by atoms with van der Waals surface area (Å²) in [5.41, 5.74) is 2.66. The standard InChI is InChI=1S/C14H17NO3/c1-8-4-9(2)15-13(14(8)18-3)10-5-11(16)7-12(17)6-10/h4,7,10,16H,5-6H2,1-3H3. The molecule has 2 rings (SSSR count). The molecule has 0 saturated carbocycles. The zero-order valence-electron chi connectivity index (χ0n) is 10.9. The van der Waals surface area contributed by atoms with Gasteiger partial charge in [-0.1, -0.05) is 0 Å². The van der Waals surface area contributed by atoms with Crippen molar-refractivity contribution >= 4 is 5.78 Å². The van der Waals surface area contributed by atoms with Gasteiger partial charge in [0.25, 0.3) is 0 Å². The van der Waals surface area contributed by atoms with Crippen molar-refractivity contribution in [1.82, 2.24) is 4.98 Å². The number of aryl methyl sites for hydroxylation is 2. The van der Waals surface area contributed by atoms with Gasteiger partial charge >= 0.3 is 0 Å². The Labute approximate surface area is 106 Å². The second-order valence-electron chi connectivity index (χ2n) is 4.71.